The van der Waals surface area contributed by atoms with Crippen LogP contribution < -0.4 is 9.50 Å². The molecule has 132 valence electrons. The molecule has 0 aliphatic carbocycles. The Morgan fingerprint density at radius 3 is 2.29 bits per heavy atom. The van der Waals surface area contributed by atoms with Crippen molar-refractivity contribution in [3.8, 4) is 17.2 Å². The average Bonchev–Trinajstić information content (AvgIpc) is 2.35. The van der Waals surface area contributed by atoms with Crippen molar-refractivity contribution in [1.29, 1.82) is 0 Å². The van der Waals surface area contributed by atoms with Crippen LogP contribution in [0.4, 0.5) is 18.9 Å². The largest absolute Gasteiger partial charge is 0.534 e. The van der Waals surface area contributed by atoms with E-state index in [1.807, 2.05) is 19.6 Å². The number of rotatable bonds is 3. The van der Waals surface area contributed by atoms with Crippen molar-refractivity contribution in [1.82, 2.24) is 0 Å². The molecule has 1 amide bonds. The maximum atomic E-state index is 12.4. The van der Waals surface area contributed by atoms with E-state index in [1.54, 1.807) is 0 Å². The molecule has 0 saturated carbocycles. The third-order valence-electron chi connectivity index (χ3n) is 2.36. The molecule has 0 aliphatic heterocycles. The standard InChI is InChI=1S/C14H16F3NO4SSi/c1-10(19)18-13-6-5-12(22-23(20,21)14(15,16)17)9-11(13)7-8-24(2,3)4/h5-6,9H,1-4H3,(H,18,19). The molecule has 5 nitrogen and oxygen atoms in total. The predicted octanol–water partition coefficient (Wildman–Crippen LogP) is 3.10. The van der Waals surface area contributed by atoms with E-state index >= 15 is 0 Å². The van der Waals surface area contributed by atoms with Crippen LogP contribution in [0.25, 0.3) is 0 Å². The van der Waals surface area contributed by atoms with Crippen LogP contribution in [0.15, 0.2) is 18.2 Å². The second kappa shape index (κ2) is 6.86. The summed E-state index contributed by atoms with van der Waals surface area (Å²) in [4.78, 5) is 11.2. The minimum atomic E-state index is -5.77. The third-order valence-corrected chi connectivity index (χ3v) is 4.22. The monoisotopic (exact) mass is 379 g/mol. The van der Waals surface area contributed by atoms with E-state index in [2.05, 4.69) is 21.0 Å². The smallest absolute Gasteiger partial charge is 0.376 e. The Hall–Kier alpha value is -1.99. The summed E-state index contributed by atoms with van der Waals surface area (Å²) in [5.41, 5.74) is -2.13. The van der Waals surface area contributed by atoms with Crippen molar-refractivity contribution >= 4 is 29.8 Å². The lowest BCUT2D eigenvalue weighted by atomic mass is 10.2. The highest BCUT2D eigenvalue weighted by Gasteiger charge is 2.48. The topological polar surface area (TPSA) is 72.5 Å². The number of hydrogen-bond acceptors (Lipinski definition) is 4. The Balaban J connectivity index is 3.32. The van der Waals surface area contributed by atoms with Gasteiger partial charge in [0.1, 0.15) is 13.8 Å². The highest BCUT2D eigenvalue weighted by Crippen LogP contribution is 2.29. The van der Waals surface area contributed by atoms with Crippen LogP contribution in [0.5, 0.6) is 5.75 Å². The van der Waals surface area contributed by atoms with E-state index in [-0.39, 0.29) is 11.3 Å². The molecule has 24 heavy (non-hydrogen) atoms. The second-order valence-corrected chi connectivity index (χ2v) is 12.2. The number of carbonyl (C=O) groups is 1. The Labute approximate surface area is 139 Å². The van der Waals surface area contributed by atoms with Crippen molar-refractivity contribution in [3.63, 3.8) is 0 Å². The number of carbonyl (C=O) groups excluding carboxylic acids is 1. The van der Waals surface area contributed by atoms with Gasteiger partial charge in [0.2, 0.25) is 5.91 Å². The van der Waals surface area contributed by atoms with Gasteiger partial charge in [-0.15, -0.1) is 5.54 Å². The van der Waals surface area contributed by atoms with Crippen LogP contribution in [0.2, 0.25) is 19.6 Å². The first-order valence-corrected chi connectivity index (χ1v) is 11.6. The van der Waals surface area contributed by atoms with E-state index in [9.17, 15) is 26.4 Å². The number of benzene rings is 1. The molecule has 10 heteroatoms. The van der Waals surface area contributed by atoms with Crippen LogP contribution in [0.1, 0.15) is 12.5 Å². The van der Waals surface area contributed by atoms with Crippen LogP contribution in [0.3, 0.4) is 0 Å². The summed E-state index contributed by atoms with van der Waals surface area (Å²) in [6.07, 6.45) is 0. The molecule has 0 fully saturated rings. The molecule has 0 aromatic heterocycles. The first-order valence-electron chi connectivity index (χ1n) is 6.67. The zero-order valence-corrected chi connectivity index (χ0v) is 15.2. The maximum Gasteiger partial charge on any atom is 0.534 e. The molecule has 0 atom stereocenters. The highest BCUT2D eigenvalue weighted by molar-refractivity contribution is 7.88. The van der Waals surface area contributed by atoms with Gasteiger partial charge in [-0.1, -0.05) is 25.6 Å². The van der Waals surface area contributed by atoms with Gasteiger partial charge in [-0.25, -0.2) is 0 Å². The molecule has 0 radical (unpaired) electrons. The Kier molecular flexibility index (Phi) is 5.73. The van der Waals surface area contributed by atoms with Crippen molar-refractivity contribution in [3.05, 3.63) is 23.8 Å². The van der Waals surface area contributed by atoms with Gasteiger partial charge in [0.15, 0.2) is 0 Å². The van der Waals surface area contributed by atoms with E-state index in [4.69, 9.17) is 0 Å². The average molecular weight is 379 g/mol. The highest BCUT2D eigenvalue weighted by atomic mass is 32.2. The normalized spacial score (nSPS) is 12.1. The van der Waals surface area contributed by atoms with Gasteiger partial charge in [-0.3, -0.25) is 4.79 Å². The Morgan fingerprint density at radius 2 is 1.83 bits per heavy atom. The van der Waals surface area contributed by atoms with Gasteiger partial charge < -0.3 is 9.50 Å². The van der Waals surface area contributed by atoms with Gasteiger partial charge in [-0.05, 0) is 18.2 Å². The molecule has 0 saturated heterocycles. The molecular formula is C14H16F3NO4SSi. The number of anilines is 1. The molecule has 0 unspecified atom stereocenters. The lowest BCUT2D eigenvalue weighted by molar-refractivity contribution is -0.114. The van der Waals surface area contributed by atoms with E-state index in [0.717, 1.165) is 12.1 Å². The first kappa shape index (κ1) is 20.1. The molecule has 0 aliphatic rings. The van der Waals surface area contributed by atoms with Crippen molar-refractivity contribution in [2.45, 2.75) is 32.1 Å². The zero-order chi connectivity index (χ0) is 18.8. The summed E-state index contributed by atoms with van der Waals surface area (Å²) in [5.74, 6) is 1.82. The van der Waals surface area contributed by atoms with Gasteiger partial charge in [0.25, 0.3) is 0 Å². The quantitative estimate of drug-likeness (QED) is 0.379. The molecular weight excluding hydrogens is 363 g/mol. The lowest BCUT2D eigenvalue weighted by Crippen LogP contribution is -2.28. The fourth-order valence-electron chi connectivity index (χ4n) is 1.41. The van der Waals surface area contributed by atoms with Crippen LogP contribution in [-0.2, 0) is 14.9 Å². The van der Waals surface area contributed by atoms with Gasteiger partial charge in [0.05, 0.1) is 11.3 Å². The summed E-state index contributed by atoms with van der Waals surface area (Å²) in [6, 6.07) is 3.28. The molecule has 1 aromatic rings. The molecule has 1 rings (SSSR count). The number of halogens is 3. The maximum absolute atomic E-state index is 12.4. The van der Waals surface area contributed by atoms with Crippen molar-refractivity contribution in [2.75, 3.05) is 5.32 Å². The van der Waals surface area contributed by atoms with Gasteiger partial charge >= 0.3 is 15.6 Å². The Bertz CT molecular complexity index is 802. The minimum Gasteiger partial charge on any atom is -0.376 e. The molecule has 1 N–H and O–H groups in total. The fourth-order valence-corrected chi connectivity index (χ4v) is 2.37. The number of alkyl halides is 3. The van der Waals surface area contributed by atoms with E-state index in [0.29, 0.717) is 0 Å². The lowest BCUT2D eigenvalue weighted by Gasteiger charge is -2.12. The summed E-state index contributed by atoms with van der Waals surface area (Å²) < 4.78 is 63.4. The zero-order valence-electron chi connectivity index (χ0n) is 13.4. The van der Waals surface area contributed by atoms with Crippen LogP contribution in [0, 0.1) is 11.5 Å². The fraction of sp³-hybridized carbons (Fsp3) is 0.357. The SMILES string of the molecule is CC(=O)Nc1ccc(OS(=O)(=O)C(F)(F)F)cc1C#C[Si](C)(C)C. The number of amides is 1. The molecule has 1 aromatic carbocycles. The first-order chi connectivity index (χ1) is 10.7. The number of hydrogen-bond donors (Lipinski definition) is 1. The predicted molar refractivity (Wildman–Crippen MR) is 86.6 cm³/mol. The molecule has 0 heterocycles. The second-order valence-electron chi connectivity index (χ2n) is 5.87. The van der Waals surface area contributed by atoms with Crippen molar-refractivity contribution < 1.29 is 30.6 Å². The van der Waals surface area contributed by atoms with Crippen LogP contribution >= 0.6 is 0 Å². The summed E-state index contributed by atoms with van der Waals surface area (Å²) in [7, 11) is -7.58. The minimum absolute atomic E-state index is 0.169. The Morgan fingerprint density at radius 1 is 1.25 bits per heavy atom. The molecule has 0 bridgehead atoms. The van der Waals surface area contributed by atoms with Crippen molar-refractivity contribution in [2.24, 2.45) is 0 Å². The van der Waals surface area contributed by atoms with E-state index < -0.39 is 35.4 Å². The number of nitrogens with one attached hydrogen (secondary N) is 1. The van der Waals surface area contributed by atoms with Crippen LogP contribution in [-0.4, -0.2) is 27.9 Å². The molecule has 0 spiro atoms. The summed E-state index contributed by atoms with van der Waals surface area (Å²) >= 11 is 0. The third kappa shape index (κ3) is 5.90. The summed E-state index contributed by atoms with van der Waals surface area (Å²) in [5, 5.41) is 2.48. The summed E-state index contributed by atoms with van der Waals surface area (Å²) in [6.45, 7) is 7.11. The van der Waals surface area contributed by atoms with Gasteiger partial charge in [-0.2, -0.15) is 21.6 Å². The van der Waals surface area contributed by atoms with Gasteiger partial charge in [0, 0.05) is 6.92 Å². The van der Waals surface area contributed by atoms with E-state index in [1.165, 1.54) is 13.0 Å².